The fourth-order valence-corrected chi connectivity index (χ4v) is 2.68. The van der Waals surface area contributed by atoms with E-state index in [9.17, 15) is 20.4 Å². The number of aliphatic hydroxyl groups is 5. The molecule has 0 fully saturated rings. The molecular weight excluding hydrogens is 270 g/mol. The molecule has 1 aromatic carbocycles. The lowest BCUT2D eigenvalue weighted by Crippen LogP contribution is -2.42. The predicted octanol–water partition coefficient (Wildman–Crippen LogP) is -0.595. The highest BCUT2D eigenvalue weighted by molar-refractivity contribution is 7.18. The van der Waals surface area contributed by atoms with Crippen molar-refractivity contribution in [2.45, 2.75) is 24.4 Å². The largest absolute Gasteiger partial charge is 0.394 e. The summed E-state index contributed by atoms with van der Waals surface area (Å²) in [6, 6.07) is 7.23. The lowest BCUT2D eigenvalue weighted by molar-refractivity contribution is -0.116. The van der Waals surface area contributed by atoms with Crippen LogP contribution in [0.3, 0.4) is 0 Å². The van der Waals surface area contributed by atoms with Crippen molar-refractivity contribution in [3.8, 4) is 0 Å². The fraction of sp³-hybridized carbons (Fsp3) is 0.417. The van der Waals surface area contributed by atoms with Gasteiger partial charge in [0, 0.05) is 0 Å². The summed E-state index contributed by atoms with van der Waals surface area (Å²) < 4.78 is 0.848. The van der Waals surface area contributed by atoms with Crippen LogP contribution in [0.1, 0.15) is 11.1 Å². The van der Waals surface area contributed by atoms with E-state index in [1.165, 1.54) is 11.3 Å². The molecule has 0 aliphatic rings. The number of fused-ring (bicyclic) bond motifs is 1. The Labute approximate surface area is 113 Å². The normalized spacial score (nSPS) is 18.2. The summed E-state index contributed by atoms with van der Waals surface area (Å²) in [5.41, 5.74) is 0.686. The minimum atomic E-state index is -1.65. The average molecular weight is 285 g/mol. The highest BCUT2D eigenvalue weighted by atomic mass is 32.1. The fourth-order valence-electron chi connectivity index (χ4n) is 1.68. The molecule has 19 heavy (non-hydrogen) atoms. The standard InChI is InChI=1S/C12H15NO5S/c14-5-7(15)9(16)10(17)11(18)12-13-6-3-1-2-4-8(6)19-12/h1-4,7,9-11,14-18H,5H2/t7-,9-,10-,11-/m1/s1. The first-order chi connectivity index (χ1) is 9.04. The molecule has 0 unspecified atom stereocenters. The first-order valence-electron chi connectivity index (χ1n) is 5.73. The first kappa shape index (κ1) is 14.3. The third kappa shape index (κ3) is 2.92. The molecular formula is C12H15NO5S. The van der Waals surface area contributed by atoms with E-state index in [2.05, 4.69) is 4.98 Å². The minimum absolute atomic E-state index is 0.248. The number of nitrogens with zero attached hydrogens (tertiary/aromatic N) is 1. The van der Waals surface area contributed by atoms with Crippen molar-refractivity contribution in [1.29, 1.82) is 0 Å². The molecule has 1 heterocycles. The molecule has 0 spiro atoms. The van der Waals surface area contributed by atoms with Gasteiger partial charge in [0.1, 0.15) is 29.4 Å². The lowest BCUT2D eigenvalue weighted by Gasteiger charge is -2.24. The molecule has 0 saturated heterocycles. The zero-order chi connectivity index (χ0) is 14.0. The SMILES string of the molecule is OC[C@@H](O)[C@@H](O)[C@@H](O)[C@@H](O)c1nc2ccccc2s1. The molecule has 0 bridgehead atoms. The van der Waals surface area contributed by atoms with Crippen LogP contribution in [0, 0.1) is 0 Å². The van der Waals surface area contributed by atoms with Crippen molar-refractivity contribution in [2.24, 2.45) is 0 Å². The molecule has 2 aromatic rings. The van der Waals surface area contributed by atoms with Gasteiger partial charge < -0.3 is 25.5 Å². The Morgan fingerprint density at radius 2 is 1.74 bits per heavy atom. The monoisotopic (exact) mass is 285 g/mol. The van der Waals surface area contributed by atoms with E-state index in [0.29, 0.717) is 5.52 Å². The summed E-state index contributed by atoms with van der Waals surface area (Å²) in [6.45, 7) is -0.704. The highest BCUT2D eigenvalue weighted by Crippen LogP contribution is 2.29. The summed E-state index contributed by atoms with van der Waals surface area (Å²) in [4.78, 5) is 4.15. The molecule has 2 rings (SSSR count). The van der Waals surface area contributed by atoms with E-state index >= 15 is 0 Å². The summed E-state index contributed by atoms with van der Waals surface area (Å²) >= 11 is 1.19. The number of rotatable bonds is 5. The van der Waals surface area contributed by atoms with E-state index in [1.807, 2.05) is 12.1 Å². The van der Waals surface area contributed by atoms with Crippen molar-refractivity contribution < 1.29 is 25.5 Å². The van der Waals surface area contributed by atoms with Crippen LogP contribution in [-0.2, 0) is 0 Å². The highest BCUT2D eigenvalue weighted by Gasteiger charge is 2.32. The molecule has 0 amide bonds. The third-order valence-electron chi connectivity index (χ3n) is 2.82. The smallest absolute Gasteiger partial charge is 0.134 e. The van der Waals surface area contributed by atoms with Gasteiger partial charge in [-0.1, -0.05) is 12.1 Å². The number of para-hydroxylation sites is 1. The van der Waals surface area contributed by atoms with E-state index in [-0.39, 0.29) is 5.01 Å². The van der Waals surface area contributed by atoms with Crippen molar-refractivity contribution in [3.63, 3.8) is 0 Å². The number of thiazole rings is 1. The number of hydrogen-bond donors (Lipinski definition) is 5. The van der Waals surface area contributed by atoms with Gasteiger partial charge >= 0.3 is 0 Å². The minimum Gasteiger partial charge on any atom is -0.394 e. The number of benzene rings is 1. The molecule has 104 valence electrons. The maximum absolute atomic E-state index is 9.95. The Balaban J connectivity index is 2.20. The van der Waals surface area contributed by atoms with Gasteiger partial charge in [0.2, 0.25) is 0 Å². The third-order valence-corrected chi connectivity index (χ3v) is 3.93. The van der Waals surface area contributed by atoms with Gasteiger partial charge in [0.05, 0.1) is 16.8 Å². The van der Waals surface area contributed by atoms with Crippen LogP contribution < -0.4 is 0 Å². The topological polar surface area (TPSA) is 114 Å². The summed E-state index contributed by atoms with van der Waals surface area (Å²) in [7, 11) is 0. The van der Waals surface area contributed by atoms with Crippen LogP contribution in [-0.4, -0.2) is 55.4 Å². The van der Waals surface area contributed by atoms with Gasteiger partial charge in [-0.15, -0.1) is 11.3 Å². The quantitative estimate of drug-likeness (QED) is 0.501. The number of aromatic nitrogens is 1. The van der Waals surface area contributed by atoms with Crippen LogP contribution in [0.4, 0.5) is 0 Å². The number of hydrogen-bond acceptors (Lipinski definition) is 7. The van der Waals surface area contributed by atoms with Gasteiger partial charge in [-0.05, 0) is 12.1 Å². The van der Waals surface area contributed by atoms with Crippen LogP contribution in [0.25, 0.3) is 10.2 Å². The molecule has 5 N–H and O–H groups in total. The van der Waals surface area contributed by atoms with Gasteiger partial charge in [-0.2, -0.15) is 0 Å². The molecule has 0 aliphatic heterocycles. The van der Waals surface area contributed by atoms with Gasteiger partial charge in [-0.25, -0.2) is 4.98 Å². The molecule has 6 nitrogen and oxygen atoms in total. The lowest BCUT2D eigenvalue weighted by atomic mass is 10.0. The number of aliphatic hydroxyl groups excluding tert-OH is 5. The predicted molar refractivity (Wildman–Crippen MR) is 69.7 cm³/mol. The van der Waals surface area contributed by atoms with Crippen molar-refractivity contribution >= 4 is 21.6 Å². The Morgan fingerprint density at radius 3 is 2.37 bits per heavy atom. The maximum atomic E-state index is 9.95. The molecule has 4 atom stereocenters. The van der Waals surface area contributed by atoms with Crippen LogP contribution in [0.15, 0.2) is 24.3 Å². The Morgan fingerprint density at radius 1 is 1.05 bits per heavy atom. The average Bonchev–Trinajstić information content (AvgIpc) is 2.87. The van der Waals surface area contributed by atoms with Crippen molar-refractivity contribution in [3.05, 3.63) is 29.3 Å². The van der Waals surface area contributed by atoms with Crippen molar-refractivity contribution in [1.82, 2.24) is 4.98 Å². The molecule has 0 aliphatic carbocycles. The zero-order valence-electron chi connectivity index (χ0n) is 9.92. The Hall–Kier alpha value is -1.09. The first-order valence-corrected chi connectivity index (χ1v) is 6.55. The second-order valence-corrected chi connectivity index (χ2v) is 5.26. The maximum Gasteiger partial charge on any atom is 0.134 e. The molecule has 1 aromatic heterocycles. The molecule has 0 radical (unpaired) electrons. The van der Waals surface area contributed by atoms with E-state index in [0.717, 1.165) is 4.70 Å². The Kier molecular flexibility index (Phi) is 4.46. The zero-order valence-corrected chi connectivity index (χ0v) is 10.7. The van der Waals surface area contributed by atoms with Gasteiger partial charge in [0.25, 0.3) is 0 Å². The summed E-state index contributed by atoms with van der Waals surface area (Å²) in [5, 5.41) is 47.5. The molecule has 0 saturated carbocycles. The van der Waals surface area contributed by atoms with Crippen molar-refractivity contribution in [2.75, 3.05) is 6.61 Å². The second-order valence-electron chi connectivity index (χ2n) is 4.20. The summed E-state index contributed by atoms with van der Waals surface area (Å²) in [5.74, 6) is 0. The summed E-state index contributed by atoms with van der Waals surface area (Å²) in [6.07, 6.45) is -6.21. The van der Waals surface area contributed by atoms with Crippen LogP contribution in [0.2, 0.25) is 0 Å². The Bertz CT molecular complexity index is 513. The van der Waals surface area contributed by atoms with E-state index < -0.39 is 31.0 Å². The second kappa shape index (κ2) is 5.91. The van der Waals surface area contributed by atoms with E-state index in [4.69, 9.17) is 5.11 Å². The van der Waals surface area contributed by atoms with Crippen LogP contribution >= 0.6 is 11.3 Å². The molecule has 7 heteroatoms. The van der Waals surface area contributed by atoms with Gasteiger partial charge in [-0.3, -0.25) is 0 Å². The van der Waals surface area contributed by atoms with Gasteiger partial charge in [0.15, 0.2) is 0 Å². The van der Waals surface area contributed by atoms with E-state index in [1.54, 1.807) is 12.1 Å². The van der Waals surface area contributed by atoms with Crippen LogP contribution in [0.5, 0.6) is 0 Å².